The lowest BCUT2D eigenvalue weighted by molar-refractivity contribution is 0.108. The van der Waals surface area contributed by atoms with Crippen LogP contribution in [0.4, 0.5) is 0 Å². The van der Waals surface area contributed by atoms with Gasteiger partial charge in [0, 0.05) is 0 Å². The fraction of sp³-hybridized carbons (Fsp3) is 0. The number of nitrogens with zero attached hydrogens (tertiary/aromatic N) is 3. The molecule has 0 amide bonds. The summed E-state index contributed by atoms with van der Waals surface area (Å²) in [6, 6.07) is 1.63. The number of carbonyl (C=O) groups excluding carboxylic acids is 1. The Morgan fingerprint density at radius 1 is 1.57 bits per heavy atom. The van der Waals surface area contributed by atoms with Crippen LogP contribution in [0.5, 0.6) is 0 Å². The summed E-state index contributed by atoms with van der Waals surface area (Å²) < 4.78 is 1.53. The molecule has 0 unspecified atom stereocenters. The molecule has 0 saturated carbocycles. The van der Waals surface area contributed by atoms with Gasteiger partial charge in [0.15, 0.2) is 13.0 Å². The van der Waals surface area contributed by atoms with Crippen LogP contribution >= 0.6 is 23.2 Å². The van der Waals surface area contributed by atoms with Crippen molar-refractivity contribution < 1.29 is 4.79 Å². The summed E-state index contributed by atoms with van der Waals surface area (Å²) in [4.78, 5) is 14.8. The van der Waals surface area contributed by atoms with Crippen LogP contribution in [0, 0.1) is 0 Å². The molecule has 0 atom stereocenters. The molecule has 0 radical (unpaired) electrons. The van der Waals surface area contributed by atoms with E-state index >= 15 is 0 Å². The van der Waals surface area contributed by atoms with Crippen molar-refractivity contribution in [1.29, 1.82) is 0 Å². The maximum Gasteiger partial charge on any atom is 0.254 e. The average molecular weight is 228 g/mol. The third-order valence-electron chi connectivity index (χ3n) is 1.90. The van der Waals surface area contributed by atoms with Crippen molar-refractivity contribution in [3.05, 3.63) is 23.1 Å². The molecule has 0 fully saturated rings. The van der Waals surface area contributed by atoms with E-state index in [1.165, 1.54) is 10.8 Å². The predicted molar refractivity (Wildman–Crippen MR) is 56.4 cm³/mol. The Labute approximate surface area is 90.2 Å². The molecule has 0 aliphatic heterocycles. The van der Waals surface area contributed by atoms with E-state index in [1.807, 2.05) is 0 Å². The maximum absolute atomic E-state index is 11.1. The third-order valence-corrected chi connectivity index (χ3v) is 2.38. The summed E-state index contributed by atoms with van der Waals surface area (Å²) in [5.41, 5.74) is 1.56. The second-order valence-electron chi connectivity index (χ2n) is 2.78. The highest BCUT2D eigenvalue weighted by molar-refractivity contribution is 6.68. The maximum atomic E-state index is 11.1. The molecule has 70 valence electrons. The summed E-state index contributed by atoms with van der Waals surface area (Å²) in [5, 5.41) is 3.61. The molecular formula is C7H4BCl2N3O. The van der Waals surface area contributed by atoms with Gasteiger partial charge < -0.3 is 0 Å². The fourth-order valence-electron chi connectivity index (χ4n) is 1.32. The lowest BCUT2D eigenvalue weighted by Crippen LogP contribution is -2.12. The number of halogens is 2. The molecule has 2 aromatic rings. The largest absolute Gasteiger partial charge is 0.276 e. The first-order valence-corrected chi connectivity index (χ1v) is 4.55. The van der Waals surface area contributed by atoms with Gasteiger partial charge in [0.05, 0.1) is 5.56 Å². The monoisotopic (exact) mass is 227 g/mol. The first-order valence-electron chi connectivity index (χ1n) is 3.80. The Morgan fingerprint density at radius 3 is 2.93 bits per heavy atom. The average Bonchev–Trinajstić information content (AvgIpc) is 2.46. The smallest absolute Gasteiger partial charge is 0.254 e. The molecule has 0 aliphatic carbocycles. The quantitative estimate of drug-likeness (QED) is 0.510. The van der Waals surface area contributed by atoms with E-state index in [-0.39, 0.29) is 5.15 Å². The molecule has 14 heavy (non-hydrogen) atoms. The Balaban J connectivity index is 2.93. The van der Waals surface area contributed by atoms with Crippen molar-refractivity contribution in [2.75, 3.05) is 0 Å². The van der Waals surface area contributed by atoms with Crippen molar-refractivity contribution in [2.45, 2.75) is 0 Å². The molecule has 0 aromatic carbocycles. The molecule has 0 saturated heterocycles. The summed E-state index contributed by atoms with van der Waals surface area (Å²) in [7, 11) is 1.81. The number of hydrogen-bond acceptors (Lipinski definition) is 3. The number of aromatic nitrogens is 3. The topological polar surface area (TPSA) is 47.3 Å². The SMILES string of the molecule is Bc1cc(C(=O)Cl)c2c(Cl)ncnn12. The second kappa shape index (κ2) is 3.26. The van der Waals surface area contributed by atoms with E-state index in [0.29, 0.717) is 11.1 Å². The third kappa shape index (κ3) is 1.29. The van der Waals surface area contributed by atoms with Crippen molar-refractivity contribution in [3.63, 3.8) is 0 Å². The molecule has 0 spiro atoms. The Morgan fingerprint density at radius 2 is 2.29 bits per heavy atom. The second-order valence-corrected chi connectivity index (χ2v) is 3.49. The van der Waals surface area contributed by atoms with Crippen molar-refractivity contribution in [1.82, 2.24) is 14.6 Å². The highest BCUT2D eigenvalue weighted by Gasteiger charge is 2.15. The number of carbonyl (C=O) groups is 1. The van der Waals surface area contributed by atoms with E-state index in [4.69, 9.17) is 23.2 Å². The molecule has 4 nitrogen and oxygen atoms in total. The van der Waals surface area contributed by atoms with Gasteiger partial charge in [-0.2, -0.15) is 5.10 Å². The van der Waals surface area contributed by atoms with Gasteiger partial charge in [-0.1, -0.05) is 11.6 Å². The summed E-state index contributed by atoms with van der Waals surface area (Å²) in [5.74, 6) is 0. The summed E-state index contributed by atoms with van der Waals surface area (Å²) in [6.07, 6.45) is 1.32. The van der Waals surface area contributed by atoms with Crippen LogP contribution in [0.2, 0.25) is 5.15 Å². The first kappa shape index (κ1) is 9.49. The Bertz CT molecular complexity index is 525. The molecule has 0 N–H and O–H groups in total. The van der Waals surface area contributed by atoms with Crippen LogP contribution in [0.1, 0.15) is 10.4 Å². The van der Waals surface area contributed by atoms with Crippen LogP contribution in [0.3, 0.4) is 0 Å². The lowest BCUT2D eigenvalue weighted by atomic mass is 10.1. The molecule has 2 aromatic heterocycles. The lowest BCUT2D eigenvalue weighted by Gasteiger charge is -1.97. The van der Waals surface area contributed by atoms with Crippen molar-refractivity contribution in [3.8, 4) is 0 Å². The zero-order valence-electron chi connectivity index (χ0n) is 7.16. The molecule has 7 heteroatoms. The van der Waals surface area contributed by atoms with Gasteiger partial charge in [-0.25, -0.2) is 9.50 Å². The molecular weight excluding hydrogens is 224 g/mol. The first-order chi connectivity index (χ1) is 6.61. The van der Waals surface area contributed by atoms with Gasteiger partial charge in [0.1, 0.15) is 11.8 Å². The zero-order chi connectivity index (χ0) is 10.3. The minimum Gasteiger partial charge on any atom is -0.276 e. The standard InChI is InChI=1S/C7H4BCl2N3O/c8-4-1-3(7(10)14)5-6(9)11-2-12-13(4)5/h1-2H,8H2. The highest BCUT2D eigenvalue weighted by Crippen LogP contribution is 2.18. The van der Waals surface area contributed by atoms with Gasteiger partial charge in [-0.05, 0) is 23.3 Å². The zero-order valence-corrected chi connectivity index (χ0v) is 8.67. The van der Waals surface area contributed by atoms with Crippen molar-refractivity contribution in [2.24, 2.45) is 0 Å². The van der Waals surface area contributed by atoms with Crippen LogP contribution in [-0.4, -0.2) is 27.7 Å². The predicted octanol–water partition coefficient (Wildman–Crippen LogP) is 0.0201. The highest BCUT2D eigenvalue weighted by atomic mass is 35.5. The normalized spacial score (nSPS) is 10.7. The van der Waals surface area contributed by atoms with Crippen molar-refractivity contribution >= 4 is 47.4 Å². The number of fused-ring (bicyclic) bond motifs is 1. The molecule has 2 heterocycles. The minimum atomic E-state index is -0.563. The van der Waals surface area contributed by atoms with E-state index in [2.05, 4.69) is 10.1 Å². The van der Waals surface area contributed by atoms with Gasteiger partial charge >= 0.3 is 0 Å². The number of hydrogen-bond donors (Lipinski definition) is 0. The van der Waals surface area contributed by atoms with Gasteiger partial charge in [-0.3, -0.25) is 4.79 Å². The van der Waals surface area contributed by atoms with E-state index < -0.39 is 5.24 Å². The fourth-order valence-corrected chi connectivity index (χ4v) is 1.68. The summed E-state index contributed by atoms with van der Waals surface area (Å²) >= 11 is 11.2. The molecule has 0 bridgehead atoms. The van der Waals surface area contributed by atoms with Gasteiger partial charge in [-0.15, -0.1) is 0 Å². The van der Waals surface area contributed by atoms with E-state index in [1.54, 1.807) is 13.9 Å². The van der Waals surface area contributed by atoms with Gasteiger partial charge in [0.25, 0.3) is 5.24 Å². The number of rotatable bonds is 1. The summed E-state index contributed by atoms with van der Waals surface area (Å²) in [6.45, 7) is 0. The van der Waals surface area contributed by atoms with Gasteiger partial charge in [0.2, 0.25) is 0 Å². The van der Waals surface area contributed by atoms with Crippen LogP contribution < -0.4 is 5.59 Å². The Hall–Kier alpha value is -1.07. The minimum absolute atomic E-state index is 0.220. The van der Waals surface area contributed by atoms with Crippen LogP contribution in [0.25, 0.3) is 5.52 Å². The van der Waals surface area contributed by atoms with E-state index in [9.17, 15) is 4.79 Å². The van der Waals surface area contributed by atoms with Crippen LogP contribution in [0.15, 0.2) is 12.4 Å². The van der Waals surface area contributed by atoms with Crippen LogP contribution in [-0.2, 0) is 0 Å². The molecule has 2 rings (SSSR count). The molecule has 0 aliphatic rings. The van der Waals surface area contributed by atoms with E-state index in [0.717, 1.165) is 5.59 Å². The Kier molecular flexibility index (Phi) is 2.21.